The highest BCUT2D eigenvalue weighted by molar-refractivity contribution is 8.03. The number of carbonyl (C=O) groups excluding carboxylic acids is 1. The van der Waals surface area contributed by atoms with Gasteiger partial charge in [-0.25, -0.2) is 4.79 Å². The van der Waals surface area contributed by atoms with E-state index in [4.69, 9.17) is 4.74 Å². The van der Waals surface area contributed by atoms with E-state index >= 15 is 0 Å². The minimum absolute atomic E-state index is 0.0275. The van der Waals surface area contributed by atoms with Crippen LogP contribution < -0.4 is 0 Å². The number of esters is 1. The number of thioether (sulfide) groups is 1. The number of carbonyl (C=O) groups is 1. The smallest absolute Gasteiger partial charge is 0.331 e. The van der Waals surface area contributed by atoms with Gasteiger partial charge in [0.15, 0.2) is 0 Å². The topological polar surface area (TPSA) is 69.4 Å². The van der Waals surface area contributed by atoms with Gasteiger partial charge in [0.25, 0.3) is 5.69 Å². The van der Waals surface area contributed by atoms with E-state index in [1.807, 2.05) is 24.3 Å². The number of nitro groups is 1. The lowest BCUT2D eigenvalue weighted by atomic mass is 9.87. The summed E-state index contributed by atoms with van der Waals surface area (Å²) in [6.45, 7) is 8.54. The summed E-state index contributed by atoms with van der Waals surface area (Å²) in [5.74, 6) is -0.426. The van der Waals surface area contributed by atoms with Crippen LogP contribution in [0.25, 0.3) is 6.08 Å². The summed E-state index contributed by atoms with van der Waals surface area (Å²) in [6, 6.07) is 14.5. The Balaban J connectivity index is 2.22. The molecule has 0 radical (unpaired) electrons. The molecule has 5 nitrogen and oxygen atoms in total. The molecule has 152 valence electrons. The van der Waals surface area contributed by atoms with E-state index in [1.54, 1.807) is 19.1 Å². The Labute approximate surface area is 175 Å². The first-order valence-corrected chi connectivity index (χ1v) is 10.1. The number of allylic oxidation sites excluding steroid dienone is 1. The summed E-state index contributed by atoms with van der Waals surface area (Å²) in [7, 11) is 0. The quantitative estimate of drug-likeness (QED) is 0.137. The molecule has 0 N–H and O–H groups in total. The molecule has 0 aromatic heterocycles. The Hall–Kier alpha value is -2.86. The van der Waals surface area contributed by atoms with Gasteiger partial charge in [0.2, 0.25) is 0 Å². The van der Waals surface area contributed by atoms with Crippen molar-refractivity contribution in [2.45, 2.75) is 38.0 Å². The first-order valence-electron chi connectivity index (χ1n) is 9.28. The Morgan fingerprint density at radius 2 is 1.72 bits per heavy atom. The molecule has 0 heterocycles. The highest BCUT2D eigenvalue weighted by Gasteiger charge is 2.12. The average molecular weight is 412 g/mol. The van der Waals surface area contributed by atoms with Crippen molar-refractivity contribution in [1.29, 1.82) is 0 Å². The molecule has 0 aliphatic heterocycles. The van der Waals surface area contributed by atoms with E-state index in [0.29, 0.717) is 11.5 Å². The fraction of sp³-hybridized carbons (Fsp3) is 0.261. The largest absolute Gasteiger partial charge is 0.463 e. The molecule has 0 unspecified atom stereocenters. The van der Waals surface area contributed by atoms with Crippen LogP contribution in [0.1, 0.15) is 38.8 Å². The maximum Gasteiger partial charge on any atom is 0.331 e. The molecule has 0 saturated carbocycles. The molecule has 2 aromatic carbocycles. The van der Waals surface area contributed by atoms with Crippen molar-refractivity contribution in [3.63, 3.8) is 0 Å². The summed E-state index contributed by atoms with van der Waals surface area (Å²) < 4.78 is 5.01. The standard InChI is InChI=1S/C23H25NO4S/c1-5-28-22(25)16-21(29-20-14-11-19(12-15-20)24(26)27)13-8-17-6-9-18(10-7-17)23(2,3)4/h6-16H,5H2,1-4H3/b13-8+,21-16+. The maximum absolute atomic E-state index is 11.9. The van der Waals surface area contributed by atoms with Crippen LogP contribution in [0.3, 0.4) is 0 Å². The first kappa shape index (κ1) is 22.4. The molecule has 0 bridgehead atoms. The molecule has 29 heavy (non-hydrogen) atoms. The molecule has 0 spiro atoms. The first-order chi connectivity index (χ1) is 13.7. The molecule has 2 rings (SSSR count). The number of hydrogen-bond donors (Lipinski definition) is 0. The third kappa shape index (κ3) is 7.23. The zero-order valence-electron chi connectivity index (χ0n) is 17.0. The Kier molecular flexibility index (Phi) is 7.79. The van der Waals surface area contributed by atoms with Crippen molar-refractivity contribution >= 4 is 29.5 Å². The third-order valence-corrected chi connectivity index (χ3v) is 5.04. The lowest BCUT2D eigenvalue weighted by Crippen LogP contribution is -2.10. The molecule has 0 aliphatic rings. The second-order valence-corrected chi connectivity index (χ2v) is 8.50. The normalized spacial score (nSPS) is 12.2. The van der Waals surface area contributed by atoms with E-state index in [9.17, 15) is 14.9 Å². The molecule has 2 aromatic rings. The van der Waals surface area contributed by atoms with Crippen molar-refractivity contribution < 1.29 is 14.5 Å². The van der Waals surface area contributed by atoms with Crippen molar-refractivity contribution in [1.82, 2.24) is 0 Å². The van der Waals surface area contributed by atoms with Gasteiger partial charge in [-0.3, -0.25) is 10.1 Å². The fourth-order valence-corrected chi connectivity index (χ4v) is 3.29. The van der Waals surface area contributed by atoms with Gasteiger partial charge < -0.3 is 4.74 Å². The van der Waals surface area contributed by atoms with E-state index < -0.39 is 10.9 Å². The molecule has 0 fully saturated rings. The van der Waals surface area contributed by atoms with Crippen molar-refractivity contribution in [3.8, 4) is 0 Å². The zero-order chi connectivity index (χ0) is 21.4. The van der Waals surface area contributed by atoms with Crippen LogP contribution in [0.2, 0.25) is 0 Å². The van der Waals surface area contributed by atoms with Crippen LogP contribution in [-0.4, -0.2) is 17.5 Å². The van der Waals surface area contributed by atoms with Crippen LogP contribution in [-0.2, 0) is 14.9 Å². The van der Waals surface area contributed by atoms with Gasteiger partial charge >= 0.3 is 5.97 Å². The highest BCUT2D eigenvalue weighted by atomic mass is 32.2. The Morgan fingerprint density at radius 1 is 1.10 bits per heavy atom. The Morgan fingerprint density at radius 3 is 2.24 bits per heavy atom. The number of non-ortho nitro benzene ring substituents is 1. The van der Waals surface area contributed by atoms with Crippen molar-refractivity contribution in [2.24, 2.45) is 0 Å². The third-order valence-electron chi connectivity index (χ3n) is 4.05. The summed E-state index contributed by atoms with van der Waals surface area (Å²) in [5.41, 5.74) is 2.37. The molecule has 0 saturated heterocycles. The van der Waals surface area contributed by atoms with Crippen molar-refractivity contribution in [2.75, 3.05) is 6.61 Å². The SMILES string of the molecule is CCOC(=O)/C=C(\C=C\c1ccc(C(C)(C)C)cc1)Sc1ccc([N+](=O)[O-])cc1. The van der Waals surface area contributed by atoms with Crippen LogP contribution in [0.4, 0.5) is 5.69 Å². The molecule has 6 heteroatoms. The van der Waals surface area contributed by atoms with Gasteiger partial charge in [0.05, 0.1) is 11.5 Å². The van der Waals surface area contributed by atoms with Gasteiger partial charge in [-0.2, -0.15) is 0 Å². The molecular weight excluding hydrogens is 386 g/mol. The van der Waals surface area contributed by atoms with Gasteiger partial charge in [-0.05, 0) is 41.7 Å². The number of nitro benzene ring substituents is 1. The predicted octanol–water partition coefficient (Wildman–Crippen LogP) is 6.14. The molecule has 0 aliphatic carbocycles. The average Bonchev–Trinajstić information content (AvgIpc) is 2.66. The van der Waals surface area contributed by atoms with Crippen LogP contribution in [0.5, 0.6) is 0 Å². The second-order valence-electron chi connectivity index (χ2n) is 7.36. The summed E-state index contributed by atoms with van der Waals surface area (Å²) in [4.78, 5) is 23.8. The minimum atomic E-state index is -0.440. The van der Waals surface area contributed by atoms with Gasteiger partial charge in [0.1, 0.15) is 0 Å². The zero-order valence-corrected chi connectivity index (χ0v) is 17.9. The molecule has 0 amide bonds. The highest BCUT2D eigenvalue weighted by Crippen LogP contribution is 2.30. The van der Waals surface area contributed by atoms with Gasteiger partial charge in [-0.15, -0.1) is 0 Å². The minimum Gasteiger partial charge on any atom is -0.463 e. The van der Waals surface area contributed by atoms with Crippen LogP contribution >= 0.6 is 11.8 Å². The second kappa shape index (κ2) is 10.1. The fourth-order valence-electron chi connectivity index (χ4n) is 2.46. The number of ether oxygens (including phenoxy) is 1. The van der Waals surface area contributed by atoms with Gasteiger partial charge in [-0.1, -0.05) is 62.9 Å². The van der Waals surface area contributed by atoms with Gasteiger partial charge in [0, 0.05) is 28.0 Å². The molecule has 0 atom stereocenters. The van der Waals surface area contributed by atoms with Crippen LogP contribution in [0.15, 0.2) is 70.5 Å². The maximum atomic E-state index is 11.9. The summed E-state index contributed by atoms with van der Waals surface area (Å²) in [5, 5.41) is 10.8. The number of nitrogens with zero attached hydrogens (tertiary/aromatic N) is 1. The lowest BCUT2D eigenvalue weighted by Gasteiger charge is -2.18. The number of hydrogen-bond acceptors (Lipinski definition) is 5. The molecular formula is C23H25NO4S. The van der Waals surface area contributed by atoms with E-state index in [0.717, 1.165) is 10.5 Å². The summed E-state index contributed by atoms with van der Waals surface area (Å²) >= 11 is 1.34. The lowest BCUT2D eigenvalue weighted by molar-refractivity contribution is -0.384. The van der Waals surface area contributed by atoms with Crippen LogP contribution in [0, 0.1) is 10.1 Å². The van der Waals surface area contributed by atoms with E-state index in [-0.39, 0.29) is 11.1 Å². The van der Waals surface area contributed by atoms with E-state index in [2.05, 4.69) is 32.9 Å². The Bertz CT molecular complexity index is 907. The van der Waals surface area contributed by atoms with Crippen molar-refractivity contribution in [3.05, 3.63) is 86.8 Å². The number of rotatable bonds is 7. The predicted molar refractivity (Wildman–Crippen MR) is 118 cm³/mol. The summed E-state index contributed by atoms with van der Waals surface area (Å²) in [6.07, 6.45) is 5.20. The number of benzene rings is 2. The monoisotopic (exact) mass is 411 g/mol. The van der Waals surface area contributed by atoms with E-state index in [1.165, 1.54) is 35.5 Å².